The first-order valence-corrected chi connectivity index (χ1v) is 5.45. The number of benzene rings is 1. The van der Waals surface area contributed by atoms with Crippen molar-refractivity contribution in [2.45, 2.75) is 26.2 Å². The van der Waals surface area contributed by atoms with Gasteiger partial charge in [-0.05, 0) is 25.3 Å². The Bertz CT molecular complexity index is 423. The van der Waals surface area contributed by atoms with E-state index in [0.717, 1.165) is 5.56 Å². The zero-order valence-corrected chi connectivity index (χ0v) is 9.23. The lowest BCUT2D eigenvalue weighted by Gasteiger charge is -2.19. The van der Waals surface area contributed by atoms with E-state index in [4.69, 9.17) is 0 Å². The minimum Gasteiger partial charge on any atom is -0.393 e. The second-order valence-corrected chi connectivity index (χ2v) is 4.22. The van der Waals surface area contributed by atoms with Crippen molar-refractivity contribution in [3.63, 3.8) is 0 Å². The second-order valence-electron chi connectivity index (χ2n) is 4.22. The monoisotopic (exact) mass is 218 g/mol. The fourth-order valence-corrected chi connectivity index (χ4v) is 1.97. The van der Waals surface area contributed by atoms with Gasteiger partial charge in [-0.2, -0.15) is 0 Å². The summed E-state index contributed by atoms with van der Waals surface area (Å²) in [5.74, 6) is -0.942. The van der Waals surface area contributed by atoms with Gasteiger partial charge in [-0.3, -0.25) is 9.59 Å². The van der Waals surface area contributed by atoms with Crippen LogP contribution in [0.2, 0.25) is 0 Å². The number of carbonyl (C=O) groups is 2. The Labute approximate surface area is 94.4 Å². The van der Waals surface area contributed by atoms with Crippen LogP contribution in [0.4, 0.5) is 0 Å². The Kier molecular flexibility index (Phi) is 3.04. The third-order valence-corrected chi connectivity index (χ3v) is 2.81. The highest BCUT2D eigenvalue weighted by molar-refractivity contribution is 5.89. The first-order chi connectivity index (χ1) is 7.65. The number of rotatable bonds is 2. The number of aryl methyl sites for hydroxylation is 1. The van der Waals surface area contributed by atoms with Crippen molar-refractivity contribution in [3.05, 3.63) is 35.4 Å². The van der Waals surface area contributed by atoms with Crippen LogP contribution in [0.15, 0.2) is 24.3 Å². The van der Waals surface area contributed by atoms with Crippen LogP contribution in [0.5, 0.6) is 0 Å². The number of hydrogen-bond donors (Lipinski definition) is 0. The molecule has 0 spiro atoms. The van der Waals surface area contributed by atoms with Crippen LogP contribution in [0, 0.1) is 12.8 Å². The maximum absolute atomic E-state index is 11.5. The molecule has 3 heteroatoms. The van der Waals surface area contributed by atoms with Crippen LogP contribution in [-0.2, 0) is 20.7 Å². The molecule has 1 aromatic carbocycles. The molecule has 0 aromatic heterocycles. The molecule has 3 nitrogen and oxygen atoms in total. The zero-order chi connectivity index (χ0) is 11.5. The summed E-state index contributed by atoms with van der Waals surface area (Å²) in [6.45, 7) is 2.02. The van der Waals surface area contributed by atoms with Gasteiger partial charge in [0.05, 0.1) is 5.92 Å². The lowest BCUT2D eigenvalue weighted by Crippen LogP contribution is -2.29. The lowest BCUT2D eigenvalue weighted by molar-refractivity contribution is -0.167. The lowest BCUT2D eigenvalue weighted by atomic mass is 9.93. The Morgan fingerprint density at radius 1 is 1.38 bits per heavy atom. The number of ether oxygens (including phenoxy) is 1. The van der Waals surface area contributed by atoms with Gasteiger partial charge < -0.3 is 4.74 Å². The number of carbonyl (C=O) groups excluding carboxylic acids is 2. The molecule has 2 rings (SSSR count). The zero-order valence-electron chi connectivity index (χ0n) is 9.23. The summed E-state index contributed by atoms with van der Waals surface area (Å²) in [5, 5.41) is 0. The van der Waals surface area contributed by atoms with E-state index in [2.05, 4.69) is 10.8 Å². The largest absolute Gasteiger partial charge is 0.393 e. The van der Waals surface area contributed by atoms with Crippen molar-refractivity contribution >= 4 is 11.9 Å². The first kappa shape index (κ1) is 10.9. The van der Waals surface area contributed by atoms with E-state index < -0.39 is 5.97 Å². The van der Waals surface area contributed by atoms with Gasteiger partial charge in [-0.15, -0.1) is 0 Å². The average molecular weight is 218 g/mol. The quantitative estimate of drug-likeness (QED) is 0.563. The minimum atomic E-state index is -0.398. The summed E-state index contributed by atoms with van der Waals surface area (Å²) in [6, 6.07) is 8.05. The number of hydrogen-bond acceptors (Lipinski definition) is 3. The Morgan fingerprint density at radius 2 is 2.19 bits per heavy atom. The molecule has 0 saturated carbocycles. The number of esters is 2. The molecule has 1 aromatic rings. The summed E-state index contributed by atoms with van der Waals surface area (Å²) in [4.78, 5) is 22.3. The van der Waals surface area contributed by atoms with Gasteiger partial charge in [0.2, 0.25) is 0 Å². The van der Waals surface area contributed by atoms with Gasteiger partial charge in [0.1, 0.15) is 0 Å². The highest BCUT2D eigenvalue weighted by Crippen LogP contribution is 2.21. The molecular formula is C13H14O3. The Morgan fingerprint density at radius 3 is 2.88 bits per heavy atom. The molecule has 1 fully saturated rings. The topological polar surface area (TPSA) is 43.4 Å². The van der Waals surface area contributed by atoms with Crippen LogP contribution in [0.1, 0.15) is 24.0 Å². The molecule has 0 amide bonds. The molecule has 16 heavy (non-hydrogen) atoms. The van der Waals surface area contributed by atoms with Crippen LogP contribution in [0.3, 0.4) is 0 Å². The predicted octanol–water partition coefficient (Wildman–Crippen LogP) is 2.02. The fourth-order valence-electron chi connectivity index (χ4n) is 1.97. The van der Waals surface area contributed by atoms with Crippen molar-refractivity contribution in [2.75, 3.05) is 0 Å². The summed E-state index contributed by atoms with van der Waals surface area (Å²) in [7, 11) is 0. The molecule has 0 radical (unpaired) electrons. The van der Waals surface area contributed by atoms with Crippen LogP contribution in [0.25, 0.3) is 0 Å². The molecule has 0 N–H and O–H groups in total. The molecule has 1 atom stereocenters. The van der Waals surface area contributed by atoms with Crippen molar-refractivity contribution in [1.29, 1.82) is 0 Å². The molecule has 0 bridgehead atoms. The molecular weight excluding hydrogens is 204 g/mol. The van der Waals surface area contributed by atoms with E-state index in [0.29, 0.717) is 19.3 Å². The summed E-state index contributed by atoms with van der Waals surface area (Å²) in [5.41, 5.74) is 2.30. The molecule has 1 saturated heterocycles. The van der Waals surface area contributed by atoms with Crippen molar-refractivity contribution in [3.8, 4) is 0 Å². The van der Waals surface area contributed by atoms with E-state index >= 15 is 0 Å². The van der Waals surface area contributed by atoms with Gasteiger partial charge in [-0.1, -0.05) is 29.8 Å². The van der Waals surface area contributed by atoms with Crippen LogP contribution in [-0.4, -0.2) is 11.9 Å². The third kappa shape index (κ3) is 2.48. The van der Waals surface area contributed by atoms with Crippen molar-refractivity contribution < 1.29 is 14.3 Å². The van der Waals surface area contributed by atoms with Crippen LogP contribution < -0.4 is 0 Å². The maximum Gasteiger partial charge on any atom is 0.316 e. The molecule has 1 heterocycles. The predicted molar refractivity (Wildman–Crippen MR) is 58.7 cm³/mol. The molecule has 84 valence electrons. The van der Waals surface area contributed by atoms with Crippen molar-refractivity contribution in [1.82, 2.24) is 0 Å². The smallest absolute Gasteiger partial charge is 0.316 e. The standard InChI is InChI=1S/C13H14O3/c1-9-3-2-4-10(7-9)8-11-5-6-12(14)16-13(11)15/h2-4,7,11H,5-6,8H2,1H3. The summed E-state index contributed by atoms with van der Waals surface area (Å²) < 4.78 is 4.62. The van der Waals surface area contributed by atoms with E-state index in [1.54, 1.807) is 0 Å². The Hall–Kier alpha value is -1.64. The highest BCUT2D eigenvalue weighted by atomic mass is 16.6. The van der Waals surface area contributed by atoms with Crippen LogP contribution >= 0.6 is 0 Å². The van der Waals surface area contributed by atoms with Gasteiger partial charge in [0.15, 0.2) is 0 Å². The fraction of sp³-hybridized carbons (Fsp3) is 0.385. The van der Waals surface area contributed by atoms with E-state index in [9.17, 15) is 9.59 Å². The third-order valence-electron chi connectivity index (χ3n) is 2.81. The molecule has 1 unspecified atom stereocenters. The second kappa shape index (κ2) is 4.47. The average Bonchev–Trinajstić information content (AvgIpc) is 2.22. The van der Waals surface area contributed by atoms with Gasteiger partial charge in [0.25, 0.3) is 0 Å². The van der Waals surface area contributed by atoms with Gasteiger partial charge >= 0.3 is 11.9 Å². The summed E-state index contributed by atoms with van der Waals surface area (Å²) in [6.07, 6.45) is 1.61. The first-order valence-electron chi connectivity index (χ1n) is 5.45. The van der Waals surface area contributed by atoms with Gasteiger partial charge in [-0.25, -0.2) is 0 Å². The normalized spacial score (nSPS) is 20.7. The minimum absolute atomic E-state index is 0.167. The maximum atomic E-state index is 11.5. The van der Waals surface area contributed by atoms with E-state index in [-0.39, 0.29) is 11.9 Å². The summed E-state index contributed by atoms with van der Waals surface area (Å²) >= 11 is 0. The van der Waals surface area contributed by atoms with Gasteiger partial charge in [0, 0.05) is 6.42 Å². The van der Waals surface area contributed by atoms with Crippen molar-refractivity contribution in [2.24, 2.45) is 5.92 Å². The SMILES string of the molecule is Cc1cccc(CC2CCC(=O)OC2=O)c1. The molecule has 0 aliphatic carbocycles. The highest BCUT2D eigenvalue weighted by Gasteiger charge is 2.28. The van der Waals surface area contributed by atoms with E-state index in [1.807, 2.05) is 25.1 Å². The molecule has 1 aliphatic heterocycles. The van der Waals surface area contributed by atoms with E-state index in [1.165, 1.54) is 5.56 Å². The number of cyclic esters (lactones) is 2. The Balaban J connectivity index is 2.05. The molecule has 1 aliphatic rings.